The molecule has 178 valence electrons. The minimum absolute atomic E-state index is 0.0963. The van der Waals surface area contributed by atoms with Crippen LogP contribution in [0.2, 0.25) is 0 Å². The molecule has 0 fully saturated rings. The molecule has 0 spiro atoms. The minimum atomic E-state index is -4.94. The number of alkyl halides is 3. The molecule has 35 heavy (non-hydrogen) atoms. The van der Waals surface area contributed by atoms with E-state index in [4.69, 9.17) is 0 Å². The second-order valence-electron chi connectivity index (χ2n) is 7.86. The van der Waals surface area contributed by atoms with Crippen LogP contribution in [0.3, 0.4) is 0 Å². The van der Waals surface area contributed by atoms with Gasteiger partial charge in [0.1, 0.15) is 23.3 Å². The van der Waals surface area contributed by atoms with E-state index in [1.807, 2.05) is 30.3 Å². The van der Waals surface area contributed by atoms with Crippen molar-refractivity contribution >= 4 is 11.3 Å². The van der Waals surface area contributed by atoms with Gasteiger partial charge in [0.25, 0.3) is 5.56 Å². The lowest BCUT2D eigenvalue weighted by Crippen LogP contribution is -2.28. The van der Waals surface area contributed by atoms with Crippen LogP contribution in [-0.4, -0.2) is 4.57 Å². The highest BCUT2D eigenvalue weighted by atomic mass is 32.1. The quantitative estimate of drug-likeness (QED) is 0.281. The van der Waals surface area contributed by atoms with Gasteiger partial charge in [-0.1, -0.05) is 36.4 Å². The number of aryl methyl sites for hydroxylation is 2. The number of halogens is 5. The molecule has 0 atom stereocenters. The summed E-state index contributed by atoms with van der Waals surface area (Å²) in [5, 5.41) is 11.1. The summed E-state index contributed by atoms with van der Waals surface area (Å²) in [6, 6.07) is 16.2. The number of thiophene rings is 1. The summed E-state index contributed by atoms with van der Waals surface area (Å²) in [6.45, 7) is -0.468. The lowest BCUT2D eigenvalue weighted by molar-refractivity contribution is -0.137. The Labute approximate surface area is 201 Å². The molecular formula is C26H17F5N2OS. The molecular weight excluding hydrogens is 483 g/mol. The summed E-state index contributed by atoms with van der Waals surface area (Å²) >= 11 is 1.15. The number of hydrogen-bond acceptors (Lipinski definition) is 3. The third-order valence-electron chi connectivity index (χ3n) is 5.51. The van der Waals surface area contributed by atoms with E-state index >= 15 is 0 Å². The topological polar surface area (TPSA) is 45.8 Å². The van der Waals surface area contributed by atoms with Gasteiger partial charge in [0.2, 0.25) is 0 Å². The standard InChI is InChI=1S/C26H17F5N2OS/c27-19-9-8-18(22(28)11-19)14-33-23(12-21(26(29,30)31)20(13-32)25(33)34)24-10-17(15-35-24)7-6-16-4-2-1-3-5-16/h1-5,8-12,15H,6-7,14H2. The predicted octanol–water partition coefficient (Wildman–Crippen LogP) is 6.58. The predicted molar refractivity (Wildman–Crippen MR) is 123 cm³/mol. The molecule has 0 aliphatic rings. The normalized spacial score (nSPS) is 11.4. The lowest BCUT2D eigenvalue weighted by Gasteiger charge is -2.17. The van der Waals surface area contributed by atoms with Crippen LogP contribution in [0.1, 0.15) is 27.8 Å². The number of benzene rings is 2. The van der Waals surface area contributed by atoms with E-state index in [1.54, 1.807) is 11.4 Å². The van der Waals surface area contributed by atoms with Crippen molar-refractivity contribution in [2.45, 2.75) is 25.6 Å². The highest BCUT2D eigenvalue weighted by Gasteiger charge is 2.36. The van der Waals surface area contributed by atoms with Gasteiger partial charge < -0.3 is 4.57 Å². The van der Waals surface area contributed by atoms with Crippen molar-refractivity contribution in [3.63, 3.8) is 0 Å². The number of nitriles is 1. The molecule has 0 unspecified atom stereocenters. The van der Waals surface area contributed by atoms with Gasteiger partial charge >= 0.3 is 6.18 Å². The molecule has 2 aromatic heterocycles. The summed E-state index contributed by atoms with van der Waals surface area (Å²) in [4.78, 5) is 13.4. The zero-order valence-electron chi connectivity index (χ0n) is 18.1. The van der Waals surface area contributed by atoms with Crippen LogP contribution in [0.25, 0.3) is 10.6 Å². The summed E-state index contributed by atoms with van der Waals surface area (Å²) in [7, 11) is 0. The van der Waals surface area contributed by atoms with Crippen molar-refractivity contribution in [1.29, 1.82) is 5.26 Å². The Morgan fingerprint density at radius 1 is 0.943 bits per heavy atom. The Kier molecular flexibility index (Phi) is 6.85. The first-order valence-corrected chi connectivity index (χ1v) is 11.4. The van der Waals surface area contributed by atoms with E-state index in [1.165, 1.54) is 6.07 Å². The first-order chi connectivity index (χ1) is 16.7. The summed E-state index contributed by atoms with van der Waals surface area (Å²) < 4.78 is 69.7. The summed E-state index contributed by atoms with van der Waals surface area (Å²) in [5.74, 6) is -1.78. The van der Waals surface area contributed by atoms with Gasteiger partial charge in [0.15, 0.2) is 0 Å². The van der Waals surface area contributed by atoms with Gasteiger partial charge in [0.05, 0.1) is 22.7 Å². The van der Waals surface area contributed by atoms with E-state index in [-0.39, 0.29) is 11.3 Å². The zero-order valence-corrected chi connectivity index (χ0v) is 18.9. The Morgan fingerprint density at radius 3 is 2.31 bits per heavy atom. The second kappa shape index (κ2) is 9.84. The number of aromatic nitrogens is 1. The fourth-order valence-corrected chi connectivity index (χ4v) is 4.71. The summed E-state index contributed by atoms with van der Waals surface area (Å²) in [5.41, 5.74) is -1.86. The first kappa shape index (κ1) is 24.4. The Balaban J connectivity index is 1.80. The SMILES string of the molecule is N#Cc1c(C(F)(F)F)cc(-c2cc(CCc3ccccc3)cs2)n(Cc2ccc(F)cc2F)c1=O. The van der Waals surface area contributed by atoms with E-state index in [2.05, 4.69) is 0 Å². The molecule has 3 nitrogen and oxygen atoms in total. The van der Waals surface area contributed by atoms with Gasteiger partial charge in [-0.25, -0.2) is 8.78 Å². The molecule has 0 bridgehead atoms. The van der Waals surface area contributed by atoms with Crippen molar-refractivity contribution in [3.05, 3.63) is 116 Å². The first-order valence-electron chi connectivity index (χ1n) is 10.5. The average molecular weight is 500 g/mol. The molecule has 0 aliphatic heterocycles. The van der Waals surface area contributed by atoms with Gasteiger partial charge in [-0.3, -0.25) is 4.79 Å². The number of nitrogens with zero attached hydrogens (tertiary/aromatic N) is 2. The molecule has 4 aromatic rings. The molecule has 9 heteroatoms. The molecule has 0 N–H and O–H groups in total. The molecule has 2 heterocycles. The van der Waals surface area contributed by atoms with Gasteiger partial charge in [-0.2, -0.15) is 18.4 Å². The van der Waals surface area contributed by atoms with Gasteiger partial charge in [0, 0.05) is 11.6 Å². The van der Waals surface area contributed by atoms with Crippen LogP contribution in [0.4, 0.5) is 22.0 Å². The van der Waals surface area contributed by atoms with E-state index in [0.29, 0.717) is 23.8 Å². The maximum absolute atomic E-state index is 14.3. The number of rotatable bonds is 6. The van der Waals surface area contributed by atoms with Crippen LogP contribution in [0.5, 0.6) is 0 Å². The lowest BCUT2D eigenvalue weighted by atomic mass is 10.0. The van der Waals surface area contributed by atoms with Crippen LogP contribution in [-0.2, 0) is 25.6 Å². The molecule has 2 aromatic carbocycles. The smallest absolute Gasteiger partial charge is 0.302 e. The molecule has 4 rings (SSSR count). The molecule has 0 saturated carbocycles. The Hall–Kier alpha value is -3.77. The Bertz CT molecular complexity index is 1470. The summed E-state index contributed by atoms with van der Waals surface area (Å²) in [6.07, 6.45) is -3.60. The van der Waals surface area contributed by atoms with E-state index in [9.17, 15) is 32.0 Å². The van der Waals surface area contributed by atoms with Crippen molar-refractivity contribution in [2.24, 2.45) is 0 Å². The number of hydrogen-bond donors (Lipinski definition) is 0. The van der Waals surface area contributed by atoms with Gasteiger partial charge in [-0.05, 0) is 47.5 Å². The van der Waals surface area contributed by atoms with Crippen molar-refractivity contribution in [1.82, 2.24) is 4.57 Å². The van der Waals surface area contributed by atoms with Crippen LogP contribution < -0.4 is 5.56 Å². The molecule has 0 aliphatic carbocycles. The van der Waals surface area contributed by atoms with Crippen molar-refractivity contribution in [2.75, 3.05) is 0 Å². The Morgan fingerprint density at radius 2 is 1.66 bits per heavy atom. The van der Waals surface area contributed by atoms with Gasteiger partial charge in [-0.15, -0.1) is 11.3 Å². The highest BCUT2D eigenvalue weighted by molar-refractivity contribution is 7.13. The molecule has 0 saturated heterocycles. The van der Waals surface area contributed by atoms with Crippen molar-refractivity contribution < 1.29 is 22.0 Å². The van der Waals surface area contributed by atoms with E-state index < -0.39 is 41.0 Å². The number of pyridine rings is 1. The largest absolute Gasteiger partial charge is 0.417 e. The fourth-order valence-electron chi connectivity index (χ4n) is 3.73. The monoisotopic (exact) mass is 500 g/mol. The second-order valence-corrected chi connectivity index (χ2v) is 8.77. The third-order valence-corrected chi connectivity index (χ3v) is 6.51. The van der Waals surface area contributed by atoms with Crippen LogP contribution in [0.15, 0.2) is 70.8 Å². The van der Waals surface area contributed by atoms with E-state index in [0.717, 1.165) is 45.2 Å². The maximum atomic E-state index is 14.3. The fraction of sp³-hybridized carbons (Fsp3) is 0.154. The van der Waals surface area contributed by atoms with Crippen LogP contribution >= 0.6 is 11.3 Å². The highest BCUT2D eigenvalue weighted by Crippen LogP contribution is 2.35. The zero-order chi connectivity index (χ0) is 25.2. The molecule has 0 radical (unpaired) electrons. The average Bonchev–Trinajstić information content (AvgIpc) is 3.29. The van der Waals surface area contributed by atoms with Crippen LogP contribution in [0, 0.1) is 23.0 Å². The minimum Gasteiger partial charge on any atom is -0.302 e. The van der Waals surface area contributed by atoms with Crippen molar-refractivity contribution in [3.8, 4) is 16.6 Å². The molecule has 0 amide bonds. The maximum Gasteiger partial charge on any atom is 0.417 e. The third kappa shape index (κ3) is 5.33.